The molecular weight excluding hydrogens is 368 g/mol. The third-order valence-electron chi connectivity index (χ3n) is 4.20. The van der Waals surface area contributed by atoms with Crippen LogP contribution in [0.4, 0.5) is 0 Å². The number of nitrogens with zero attached hydrogens (tertiary/aromatic N) is 1. The van der Waals surface area contributed by atoms with Crippen molar-refractivity contribution in [1.29, 1.82) is 0 Å². The number of carbonyl (C=O) groups excluding carboxylic acids is 2. The lowest BCUT2D eigenvalue weighted by atomic mass is 10.2. The lowest BCUT2D eigenvalue weighted by Gasteiger charge is -2.10. The molecule has 1 aliphatic heterocycles. The first-order valence-electron chi connectivity index (χ1n) is 8.70. The Morgan fingerprint density at radius 1 is 1.26 bits per heavy atom. The van der Waals surface area contributed by atoms with Gasteiger partial charge in [-0.2, -0.15) is 0 Å². The molecule has 0 aliphatic carbocycles. The number of hydrogen-bond donors (Lipinski definition) is 1. The molecule has 1 saturated heterocycles. The number of rotatable bonds is 6. The molecule has 8 heteroatoms. The van der Waals surface area contributed by atoms with Crippen LogP contribution in [0.2, 0.25) is 0 Å². The van der Waals surface area contributed by atoms with E-state index < -0.39 is 5.97 Å². The Morgan fingerprint density at radius 2 is 2.15 bits per heavy atom. The number of nitrogens with one attached hydrogen (secondary N) is 1. The van der Waals surface area contributed by atoms with E-state index in [4.69, 9.17) is 13.9 Å². The van der Waals surface area contributed by atoms with E-state index in [-0.39, 0.29) is 24.4 Å². The van der Waals surface area contributed by atoms with Crippen LogP contribution in [0.1, 0.15) is 23.4 Å². The third-order valence-corrected chi connectivity index (χ3v) is 5.25. The number of amides is 1. The van der Waals surface area contributed by atoms with E-state index in [9.17, 15) is 9.59 Å². The first-order chi connectivity index (χ1) is 13.2. The molecule has 0 unspecified atom stereocenters. The van der Waals surface area contributed by atoms with E-state index in [1.165, 1.54) is 17.4 Å². The maximum atomic E-state index is 12.1. The predicted molar refractivity (Wildman–Crippen MR) is 99.6 cm³/mol. The zero-order chi connectivity index (χ0) is 18.6. The van der Waals surface area contributed by atoms with Crippen molar-refractivity contribution in [3.8, 4) is 10.8 Å². The zero-order valence-electron chi connectivity index (χ0n) is 14.5. The lowest BCUT2D eigenvalue weighted by molar-refractivity contribution is -0.124. The highest BCUT2D eigenvalue weighted by Crippen LogP contribution is 2.31. The number of ether oxygens (including phenoxy) is 2. The van der Waals surface area contributed by atoms with E-state index in [0.717, 1.165) is 29.7 Å². The summed E-state index contributed by atoms with van der Waals surface area (Å²) in [6, 6.07) is 11.0. The average Bonchev–Trinajstić information content (AvgIpc) is 3.43. The summed E-state index contributed by atoms with van der Waals surface area (Å²) in [5.74, 6) is -0.520. The normalized spacial score (nSPS) is 16.5. The maximum Gasteiger partial charge on any atom is 0.374 e. The summed E-state index contributed by atoms with van der Waals surface area (Å²) < 4.78 is 17.0. The first-order valence-corrected chi connectivity index (χ1v) is 9.52. The Labute approximate surface area is 159 Å². The molecule has 7 nitrogen and oxygen atoms in total. The fourth-order valence-corrected chi connectivity index (χ4v) is 3.75. The summed E-state index contributed by atoms with van der Waals surface area (Å²) in [5.41, 5.74) is 0.876. The minimum absolute atomic E-state index is 0.0381. The number of para-hydroxylation sites is 1. The molecule has 1 amide bonds. The van der Waals surface area contributed by atoms with Gasteiger partial charge < -0.3 is 19.2 Å². The summed E-state index contributed by atoms with van der Waals surface area (Å²) in [4.78, 5) is 28.4. The van der Waals surface area contributed by atoms with Gasteiger partial charge in [-0.1, -0.05) is 12.1 Å². The number of esters is 1. The number of carbonyl (C=O) groups is 2. The number of thiazole rings is 1. The number of hydrogen-bond acceptors (Lipinski definition) is 7. The smallest absolute Gasteiger partial charge is 0.374 e. The van der Waals surface area contributed by atoms with Crippen LogP contribution < -0.4 is 5.32 Å². The molecular formula is C19H18N2O5S. The number of fused-ring (bicyclic) bond motifs is 1. The van der Waals surface area contributed by atoms with Crippen LogP contribution in [0.25, 0.3) is 21.0 Å². The maximum absolute atomic E-state index is 12.1. The molecule has 27 heavy (non-hydrogen) atoms. The van der Waals surface area contributed by atoms with E-state index >= 15 is 0 Å². The minimum Gasteiger partial charge on any atom is -0.450 e. The molecule has 4 rings (SSSR count). The standard InChI is InChI=1S/C19H18N2O5S/c22-17(20-10-12-4-3-9-24-12)11-25-19(23)15-8-7-14(26-15)18-21-13-5-1-2-6-16(13)27-18/h1-2,5-8,12H,3-4,9-11H2,(H,20,22)/t12-/m1/s1. The van der Waals surface area contributed by atoms with E-state index in [1.807, 2.05) is 24.3 Å². The van der Waals surface area contributed by atoms with Gasteiger partial charge in [-0.05, 0) is 37.1 Å². The van der Waals surface area contributed by atoms with Gasteiger partial charge >= 0.3 is 5.97 Å². The minimum atomic E-state index is -0.686. The molecule has 2 aromatic heterocycles. The van der Waals surface area contributed by atoms with Gasteiger partial charge in [-0.3, -0.25) is 4.79 Å². The van der Waals surface area contributed by atoms with Crippen molar-refractivity contribution >= 4 is 33.4 Å². The largest absolute Gasteiger partial charge is 0.450 e. The Hall–Kier alpha value is -2.71. The van der Waals surface area contributed by atoms with E-state index in [2.05, 4.69) is 10.3 Å². The van der Waals surface area contributed by atoms with Crippen molar-refractivity contribution < 1.29 is 23.5 Å². The van der Waals surface area contributed by atoms with E-state index in [0.29, 0.717) is 17.3 Å². The molecule has 0 saturated carbocycles. The van der Waals surface area contributed by atoms with Crippen molar-refractivity contribution in [2.75, 3.05) is 19.8 Å². The van der Waals surface area contributed by atoms with Crippen LogP contribution in [0, 0.1) is 0 Å². The Balaban J connectivity index is 1.32. The van der Waals surface area contributed by atoms with Gasteiger partial charge in [0.2, 0.25) is 5.76 Å². The monoisotopic (exact) mass is 386 g/mol. The summed E-state index contributed by atoms with van der Waals surface area (Å²) in [7, 11) is 0. The average molecular weight is 386 g/mol. The second-order valence-corrected chi connectivity index (χ2v) is 7.20. The fourth-order valence-electron chi connectivity index (χ4n) is 2.83. The molecule has 3 aromatic rings. The zero-order valence-corrected chi connectivity index (χ0v) is 15.3. The molecule has 1 aromatic carbocycles. The van der Waals surface area contributed by atoms with Crippen molar-refractivity contribution in [3.05, 3.63) is 42.2 Å². The van der Waals surface area contributed by atoms with Crippen molar-refractivity contribution in [2.24, 2.45) is 0 Å². The van der Waals surface area contributed by atoms with Crippen LogP contribution in [0.15, 0.2) is 40.8 Å². The van der Waals surface area contributed by atoms with Crippen LogP contribution in [-0.4, -0.2) is 42.7 Å². The van der Waals surface area contributed by atoms with Crippen molar-refractivity contribution in [3.63, 3.8) is 0 Å². The SMILES string of the molecule is O=C(COC(=O)c1ccc(-c2nc3ccccc3s2)o1)NC[C@H]1CCCO1. The molecule has 1 atom stereocenters. The first kappa shape index (κ1) is 17.7. The second kappa shape index (κ2) is 7.89. The number of benzene rings is 1. The van der Waals surface area contributed by atoms with Crippen LogP contribution in [0.3, 0.4) is 0 Å². The number of aromatic nitrogens is 1. The van der Waals surface area contributed by atoms with Crippen LogP contribution in [0.5, 0.6) is 0 Å². The molecule has 3 heterocycles. The van der Waals surface area contributed by atoms with Gasteiger partial charge in [0, 0.05) is 13.2 Å². The molecule has 1 aliphatic rings. The van der Waals surface area contributed by atoms with Crippen molar-refractivity contribution in [2.45, 2.75) is 18.9 Å². The Kier molecular flexibility index (Phi) is 5.17. The molecule has 1 N–H and O–H groups in total. The molecule has 140 valence electrons. The fraction of sp³-hybridized carbons (Fsp3) is 0.316. The van der Waals surface area contributed by atoms with Gasteiger partial charge in [0.05, 0.1) is 16.3 Å². The van der Waals surface area contributed by atoms with Gasteiger partial charge in [0.15, 0.2) is 17.4 Å². The van der Waals surface area contributed by atoms with Crippen molar-refractivity contribution in [1.82, 2.24) is 10.3 Å². The summed E-state index contributed by atoms with van der Waals surface area (Å²) >= 11 is 1.48. The number of furan rings is 1. The van der Waals surface area contributed by atoms with Gasteiger partial charge in [-0.25, -0.2) is 9.78 Å². The van der Waals surface area contributed by atoms with Crippen LogP contribution in [-0.2, 0) is 14.3 Å². The highest BCUT2D eigenvalue weighted by Gasteiger charge is 2.19. The summed E-state index contributed by atoms with van der Waals surface area (Å²) in [6.07, 6.45) is 1.98. The molecule has 0 spiro atoms. The molecule has 1 fully saturated rings. The van der Waals surface area contributed by atoms with Gasteiger partial charge in [0.25, 0.3) is 5.91 Å². The topological polar surface area (TPSA) is 90.7 Å². The predicted octanol–water partition coefficient (Wildman–Crippen LogP) is 3.01. The Bertz CT molecular complexity index is 925. The second-order valence-electron chi connectivity index (χ2n) is 6.17. The quantitative estimate of drug-likeness (QED) is 0.655. The van der Waals surface area contributed by atoms with E-state index in [1.54, 1.807) is 6.07 Å². The lowest BCUT2D eigenvalue weighted by Crippen LogP contribution is -2.34. The molecule has 0 radical (unpaired) electrons. The summed E-state index contributed by atoms with van der Waals surface area (Å²) in [5, 5.41) is 3.38. The van der Waals surface area contributed by atoms with Gasteiger partial charge in [0.1, 0.15) is 0 Å². The molecule has 0 bridgehead atoms. The third kappa shape index (κ3) is 4.17. The van der Waals surface area contributed by atoms with Crippen LogP contribution >= 0.6 is 11.3 Å². The Morgan fingerprint density at radius 3 is 2.96 bits per heavy atom. The highest BCUT2D eigenvalue weighted by molar-refractivity contribution is 7.21. The summed E-state index contributed by atoms with van der Waals surface area (Å²) in [6.45, 7) is 0.798. The highest BCUT2D eigenvalue weighted by atomic mass is 32.1. The van der Waals surface area contributed by atoms with Gasteiger partial charge in [-0.15, -0.1) is 11.3 Å².